The van der Waals surface area contributed by atoms with Crippen LogP contribution in [0.1, 0.15) is 5.56 Å². The van der Waals surface area contributed by atoms with Gasteiger partial charge in [0.2, 0.25) is 15.9 Å². The Labute approximate surface area is 168 Å². The number of hydrogen-bond acceptors (Lipinski definition) is 6. The summed E-state index contributed by atoms with van der Waals surface area (Å²) < 4.78 is 30.6. The summed E-state index contributed by atoms with van der Waals surface area (Å²) in [4.78, 5) is 22.2. The quantitative estimate of drug-likeness (QED) is 0.288. The first-order chi connectivity index (χ1) is 13.7. The monoisotopic (exact) mass is 419 g/mol. The number of nitro benzene ring substituents is 1. The van der Waals surface area contributed by atoms with Crippen LogP contribution in [-0.2, 0) is 14.8 Å². The normalized spacial score (nSPS) is 11.6. The summed E-state index contributed by atoms with van der Waals surface area (Å²) in [6, 6.07) is 11.9. The van der Waals surface area contributed by atoms with Crippen molar-refractivity contribution in [2.75, 3.05) is 27.2 Å². The van der Waals surface area contributed by atoms with Crippen LogP contribution in [-0.4, -0.2) is 50.8 Å². The highest BCUT2D eigenvalue weighted by Crippen LogP contribution is 2.18. The van der Waals surface area contributed by atoms with Gasteiger partial charge in [0.05, 0.1) is 16.4 Å². The largest absolute Gasteiger partial charge is 0.492 e. The van der Waals surface area contributed by atoms with Crippen molar-refractivity contribution in [2.45, 2.75) is 4.90 Å². The second-order valence-corrected chi connectivity index (χ2v) is 8.24. The Morgan fingerprint density at radius 3 is 2.52 bits per heavy atom. The van der Waals surface area contributed by atoms with E-state index < -0.39 is 14.9 Å². The van der Waals surface area contributed by atoms with Crippen molar-refractivity contribution in [1.82, 2.24) is 9.62 Å². The molecule has 2 rings (SSSR count). The van der Waals surface area contributed by atoms with E-state index in [1.807, 2.05) is 0 Å². The summed E-state index contributed by atoms with van der Waals surface area (Å²) in [5.41, 5.74) is 0.490. The molecule has 0 aromatic heterocycles. The van der Waals surface area contributed by atoms with Crippen molar-refractivity contribution in [3.8, 4) is 5.75 Å². The van der Waals surface area contributed by atoms with Crippen LogP contribution in [0.25, 0.3) is 6.08 Å². The third kappa shape index (κ3) is 6.40. The average molecular weight is 419 g/mol. The lowest BCUT2D eigenvalue weighted by Crippen LogP contribution is -2.26. The number of carbonyl (C=O) groups excluding carboxylic acids is 1. The molecule has 2 aromatic rings. The maximum atomic E-state index is 12.0. The first-order valence-electron chi connectivity index (χ1n) is 8.56. The SMILES string of the molecule is CN(C)S(=O)(=O)c1ccc(OCCNC(=O)/C=C/c2cccc([N+](=O)[O-])c2)cc1. The molecule has 0 aliphatic rings. The Kier molecular flexibility index (Phi) is 7.46. The first-order valence-corrected chi connectivity index (χ1v) is 10.00. The maximum Gasteiger partial charge on any atom is 0.270 e. The van der Waals surface area contributed by atoms with Crippen molar-refractivity contribution >= 4 is 27.7 Å². The standard InChI is InChI=1S/C19H21N3O6S/c1-21(2)29(26,27)18-9-7-17(8-10-18)28-13-12-20-19(23)11-6-15-4-3-5-16(14-15)22(24)25/h3-11,14H,12-13H2,1-2H3,(H,20,23)/b11-6+. The van der Waals surface area contributed by atoms with E-state index in [4.69, 9.17) is 4.74 Å². The number of rotatable bonds is 9. The number of amides is 1. The zero-order valence-corrected chi connectivity index (χ0v) is 16.8. The smallest absolute Gasteiger partial charge is 0.270 e. The minimum Gasteiger partial charge on any atom is -0.492 e. The fraction of sp³-hybridized carbons (Fsp3) is 0.211. The summed E-state index contributed by atoms with van der Waals surface area (Å²) in [7, 11) is -0.582. The summed E-state index contributed by atoms with van der Waals surface area (Å²) in [5, 5.41) is 13.4. The van der Waals surface area contributed by atoms with Gasteiger partial charge in [0.25, 0.3) is 5.69 Å². The van der Waals surface area contributed by atoms with Crippen molar-refractivity contribution in [3.05, 3.63) is 70.3 Å². The lowest BCUT2D eigenvalue weighted by atomic mass is 10.2. The second-order valence-electron chi connectivity index (χ2n) is 6.08. The van der Waals surface area contributed by atoms with Gasteiger partial charge in [-0.25, -0.2) is 12.7 Å². The Hall–Kier alpha value is -3.24. The molecule has 0 saturated carbocycles. The summed E-state index contributed by atoms with van der Waals surface area (Å²) >= 11 is 0. The number of hydrogen-bond donors (Lipinski definition) is 1. The number of nitrogens with one attached hydrogen (secondary N) is 1. The van der Waals surface area contributed by atoms with Crippen molar-refractivity contribution in [1.29, 1.82) is 0 Å². The van der Waals surface area contributed by atoms with E-state index in [0.717, 1.165) is 4.31 Å². The maximum absolute atomic E-state index is 12.0. The van der Waals surface area contributed by atoms with Crippen molar-refractivity contribution in [2.24, 2.45) is 0 Å². The molecule has 0 aliphatic carbocycles. The third-order valence-electron chi connectivity index (χ3n) is 3.78. The van der Waals surface area contributed by atoms with Gasteiger partial charge in [-0.05, 0) is 35.9 Å². The first kappa shape index (κ1) is 22.1. The molecule has 1 N–H and O–H groups in total. The highest BCUT2D eigenvalue weighted by Gasteiger charge is 2.16. The van der Waals surface area contributed by atoms with E-state index in [1.165, 1.54) is 50.5 Å². The summed E-state index contributed by atoms with van der Waals surface area (Å²) in [5.74, 6) is 0.108. The van der Waals surface area contributed by atoms with Gasteiger partial charge >= 0.3 is 0 Å². The fourth-order valence-electron chi connectivity index (χ4n) is 2.23. The Morgan fingerprint density at radius 1 is 1.21 bits per heavy atom. The summed E-state index contributed by atoms with van der Waals surface area (Å²) in [6.07, 6.45) is 2.76. The van der Waals surface area contributed by atoms with E-state index in [2.05, 4.69) is 5.32 Å². The van der Waals surface area contributed by atoms with Crippen LogP contribution in [0.4, 0.5) is 5.69 Å². The Bertz CT molecular complexity index is 1000. The molecule has 9 nitrogen and oxygen atoms in total. The van der Waals surface area contributed by atoms with E-state index in [9.17, 15) is 23.3 Å². The zero-order chi connectivity index (χ0) is 21.4. The van der Waals surface area contributed by atoms with Gasteiger partial charge in [0, 0.05) is 32.3 Å². The molecule has 0 atom stereocenters. The van der Waals surface area contributed by atoms with Crippen LogP contribution in [0.15, 0.2) is 59.5 Å². The van der Waals surface area contributed by atoms with Gasteiger partial charge in [-0.15, -0.1) is 0 Å². The molecule has 0 heterocycles. The molecular formula is C19H21N3O6S. The molecule has 0 saturated heterocycles. The average Bonchev–Trinajstić information content (AvgIpc) is 2.70. The van der Waals surface area contributed by atoms with E-state index >= 15 is 0 Å². The highest BCUT2D eigenvalue weighted by atomic mass is 32.2. The van der Waals surface area contributed by atoms with Crippen LogP contribution in [0.2, 0.25) is 0 Å². The molecule has 154 valence electrons. The molecule has 0 unspecified atom stereocenters. The van der Waals surface area contributed by atoms with Gasteiger partial charge in [0.15, 0.2) is 0 Å². The topological polar surface area (TPSA) is 119 Å². The minimum atomic E-state index is -3.49. The number of non-ortho nitro benzene ring substituents is 1. The molecule has 0 spiro atoms. The number of nitro groups is 1. The predicted octanol–water partition coefficient (Wildman–Crippen LogP) is 2.05. The number of ether oxygens (including phenoxy) is 1. The number of benzene rings is 2. The molecule has 0 aliphatic heterocycles. The summed E-state index contributed by atoms with van der Waals surface area (Å²) in [6.45, 7) is 0.423. The van der Waals surface area contributed by atoms with Crippen LogP contribution >= 0.6 is 0 Å². The third-order valence-corrected chi connectivity index (χ3v) is 5.61. The molecule has 10 heteroatoms. The minimum absolute atomic E-state index is 0.0506. The zero-order valence-electron chi connectivity index (χ0n) is 15.9. The van der Waals surface area contributed by atoms with Gasteiger partial charge in [0.1, 0.15) is 12.4 Å². The Morgan fingerprint density at radius 2 is 1.90 bits per heavy atom. The van der Waals surface area contributed by atoms with Crippen LogP contribution in [0, 0.1) is 10.1 Å². The second kappa shape index (κ2) is 9.80. The van der Waals surface area contributed by atoms with Gasteiger partial charge in [-0.3, -0.25) is 14.9 Å². The van der Waals surface area contributed by atoms with Crippen LogP contribution in [0.5, 0.6) is 5.75 Å². The van der Waals surface area contributed by atoms with Gasteiger partial charge in [-0.2, -0.15) is 0 Å². The fourth-order valence-corrected chi connectivity index (χ4v) is 3.14. The number of carbonyl (C=O) groups is 1. The molecule has 1 amide bonds. The predicted molar refractivity (Wildman–Crippen MR) is 108 cm³/mol. The van der Waals surface area contributed by atoms with E-state index in [1.54, 1.807) is 24.3 Å². The van der Waals surface area contributed by atoms with E-state index in [0.29, 0.717) is 11.3 Å². The number of sulfonamides is 1. The van der Waals surface area contributed by atoms with Crippen LogP contribution < -0.4 is 10.1 Å². The highest BCUT2D eigenvalue weighted by molar-refractivity contribution is 7.89. The van der Waals surface area contributed by atoms with E-state index in [-0.39, 0.29) is 29.6 Å². The molecule has 29 heavy (non-hydrogen) atoms. The molecular weight excluding hydrogens is 398 g/mol. The van der Waals surface area contributed by atoms with Crippen molar-refractivity contribution in [3.63, 3.8) is 0 Å². The molecule has 0 bridgehead atoms. The van der Waals surface area contributed by atoms with Crippen molar-refractivity contribution < 1.29 is 22.9 Å². The van der Waals surface area contributed by atoms with Gasteiger partial charge in [-0.1, -0.05) is 12.1 Å². The molecule has 2 aromatic carbocycles. The molecule has 0 fully saturated rings. The van der Waals surface area contributed by atoms with Gasteiger partial charge < -0.3 is 10.1 Å². The lowest BCUT2D eigenvalue weighted by molar-refractivity contribution is -0.384. The lowest BCUT2D eigenvalue weighted by Gasteiger charge is -2.12. The molecule has 0 radical (unpaired) electrons. The Balaban J connectivity index is 1.79. The van der Waals surface area contributed by atoms with Crippen LogP contribution in [0.3, 0.4) is 0 Å². The number of nitrogens with zero attached hydrogens (tertiary/aromatic N) is 2.